The van der Waals surface area contributed by atoms with E-state index >= 15 is 0 Å². The van der Waals surface area contributed by atoms with Crippen LogP contribution in [0, 0.1) is 22.7 Å². The van der Waals surface area contributed by atoms with Gasteiger partial charge < -0.3 is 9.64 Å². The third kappa shape index (κ3) is 4.57. The zero-order chi connectivity index (χ0) is 23.2. The second-order valence-corrected chi connectivity index (χ2v) is 7.84. The molecule has 1 unspecified atom stereocenters. The van der Waals surface area contributed by atoms with Crippen LogP contribution in [-0.4, -0.2) is 49.0 Å². The molecule has 1 saturated heterocycles. The summed E-state index contributed by atoms with van der Waals surface area (Å²) in [7, 11) is 1.62. The number of rotatable bonds is 5. The first-order valence-corrected chi connectivity index (χ1v) is 10.8. The van der Waals surface area contributed by atoms with Crippen LogP contribution >= 0.6 is 0 Å². The minimum absolute atomic E-state index is 0.0593. The molecule has 4 rings (SSSR count). The van der Waals surface area contributed by atoms with Crippen LogP contribution in [0.3, 0.4) is 0 Å². The van der Waals surface area contributed by atoms with Crippen LogP contribution in [0.1, 0.15) is 27.5 Å². The molecule has 0 radical (unpaired) electrons. The maximum absolute atomic E-state index is 13.4. The molecule has 0 saturated carbocycles. The lowest BCUT2D eigenvalue weighted by molar-refractivity contribution is 0.0607. The Morgan fingerprint density at radius 3 is 2.15 bits per heavy atom. The average Bonchev–Trinajstić information content (AvgIpc) is 2.89. The Morgan fingerprint density at radius 1 is 0.879 bits per heavy atom. The first-order chi connectivity index (χ1) is 16.2. The number of nitriles is 2. The van der Waals surface area contributed by atoms with E-state index in [0.29, 0.717) is 37.3 Å². The molecule has 33 heavy (non-hydrogen) atoms. The summed E-state index contributed by atoms with van der Waals surface area (Å²) in [5.74, 6) is 0.693. The summed E-state index contributed by atoms with van der Waals surface area (Å²) < 4.78 is 5.21. The topological polar surface area (TPSA) is 80.4 Å². The molecule has 1 fully saturated rings. The lowest BCUT2D eigenvalue weighted by Crippen LogP contribution is -2.49. The fourth-order valence-corrected chi connectivity index (χ4v) is 4.23. The number of hydrogen-bond donors (Lipinski definition) is 0. The van der Waals surface area contributed by atoms with E-state index in [1.807, 2.05) is 71.6 Å². The van der Waals surface area contributed by atoms with Crippen molar-refractivity contribution in [1.29, 1.82) is 10.5 Å². The van der Waals surface area contributed by atoms with Gasteiger partial charge in [0.1, 0.15) is 11.8 Å². The van der Waals surface area contributed by atoms with Crippen molar-refractivity contribution in [2.45, 2.75) is 6.04 Å². The number of amides is 1. The predicted octanol–water partition coefficient (Wildman–Crippen LogP) is 4.26. The molecule has 1 atom stereocenters. The van der Waals surface area contributed by atoms with Gasteiger partial charge in [-0.3, -0.25) is 9.69 Å². The van der Waals surface area contributed by atoms with Crippen molar-refractivity contribution in [3.63, 3.8) is 0 Å². The third-order valence-electron chi connectivity index (χ3n) is 6.02. The van der Waals surface area contributed by atoms with Crippen molar-refractivity contribution in [1.82, 2.24) is 9.80 Å². The molecule has 0 aromatic heterocycles. The number of ether oxygens (including phenoxy) is 1. The van der Waals surface area contributed by atoms with Gasteiger partial charge in [-0.25, -0.2) is 0 Å². The summed E-state index contributed by atoms with van der Waals surface area (Å²) in [5, 5.41) is 19.3. The van der Waals surface area contributed by atoms with Gasteiger partial charge in [-0.2, -0.15) is 10.5 Å². The number of nitrogens with zero attached hydrogens (tertiary/aromatic N) is 4. The number of piperazine rings is 1. The summed E-state index contributed by atoms with van der Waals surface area (Å²) in [5.41, 5.74) is 3.55. The number of carbonyl (C=O) groups excluding carboxylic acids is 1. The standard InChI is InChI=1S/C27H24N4O2/c1-33-22-12-10-20(11-13-22)26(19-29)30-14-16-31(17-15-30)27(32)25-9-5-4-8-24(25)23-7-3-2-6-21(23)18-28/h2-13,26H,14-17H2,1H3. The zero-order valence-electron chi connectivity index (χ0n) is 18.4. The Kier molecular flexibility index (Phi) is 6.69. The minimum atomic E-state index is -0.372. The molecular weight excluding hydrogens is 412 g/mol. The molecule has 1 heterocycles. The fourth-order valence-electron chi connectivity index (χ4n) is 4.23. The lowest BCUT2D eigenvalue weighted by atomic mass is 9.95. The van der Waals surface area contributed by atoms with E-state index in [-0.39, 0.29) is 11.9 Å². The van der Waals surface area contributed by atoms with Crippen molar-refractivity contribution in [3.8, 4) is 29.0 Å². The van der Waals surface area contributed by atoms with Crippen molar-refractivity contribution < 1.29 is 9.53 Å². The lowest BCUT2D eigenvalue weighted by Gasteiger charge is -2.37. The predicted molar refractivity (Wildman–Crippen MR) is 125 cm³/mol. The molecular formula is C27H24N4O2. The Hall–Kier alpha value is -4.13. The highest BCUT2D eigenvalue weighted by Gasteiger charge is 2.28. The molecule has 3 aromatic carbocycles. The normalized spacial score (nSPS) is 14.7. The second kappa shape index (κ2) is 9.99. The average molecular weight is 437 g/mol. The van der Waals surface area contributed by atoms with E-state index in [0.717, 1.165) is 22.4 Å². The number of methoxy groups -OCH3 is 1. The smallest absolute Gasteiger partial charge is 0.254 e. The van der Waals surface area contributed by atoms with Crippen LogP contribution in [0.5, 0.6) is 5.75 Å². The van der Waals surface area contributed by atoms with Crippen LogP contribution in [0.25, 0.3) is 11.1 Å². The van der Waals surface area contributed by atoms with Crippen LogP contribution in [-0.2, 0) is 0 Å². The summed E-state index contributed by atoms with van der Waals surface area (Å²) in [4.78, 5) is 17.4. The Morgan fingerprint density at radius 2 is 1.52 bits per heavy atom. The van der Waals surface area contributed by atoms with E-state index in [2.05, 4.69) is 17.0 Å². The molecule has 3 aromatic rings. The maximum atomic E-state index is 13.4. The van der Waals surface area contributed by atoms with Crippen molar-refractivity contribution >= 4 is 5.91 Å². The van der Waals surface area contributed by atoms with E-state index in [1.54, 1.807) is 13.2 Å². The van der Waals surface area contributed by atoms with Gasteiger partial charge in [0, 0.05) is 37.3 Å². The van der Waals surface area contributed by atoms with Crippen LogP contribution in [0.2, 0.25) is 0 Å². The number of hydrogen-bond acceptors (Lipinski definition) is 5. The van der Waals surface area contributed by atoms with Crippen LogP contribution in [0.15, 0.2) is 72.8 Å². The van der Waals surface area contributed by atoms with Crippen molar-refractivity contribution in [2.24, 2.45) is 0 Å². The largest absolute Gasteiger partial charge is 0.497 e. The summed E-state index contributed by atoms with van der Waals surface area (Å²) in [6.07, 6.45) is 0. The summed E-state index contributed by atoms with van der Waals surface area (Å²) in [6, 6.07) is 26.5. The van der Waals surface area contributed by atoms with Gasteiger partial charge >= 0.3 is 0 Å². The van der Waals surface area contributed by atoms with E-state index in [1.165, 1.54) is 0 Å². The molecule has 0 N–H and O–H groups in total. The van der Waals surface area contributed by atoms with Gasteiger partial charge in [0.2, 0.25) is 0 Å². The van der Waals surface area contributed by atoms with Crippen LogP contribution < -0.4 is 4.74 Å². The minimum Gasteiger partial charge on any atom is -0.497 e. The van der Waals surface area contributed by atoms with E-state index < -0.39 is 0 Å². The molecule has 164 valence electrons. The van der Waals surface area contributed by atoms with Crippen molar-refractivity contribution in [2.75, 3.05) is 33.3 Å². The monoisotopic (exact) mass is 436 g/mol. The van der Waals surface area contributed by atoms with Gasteiger partial charge in [-0.1, -0.05) is 48.5 Å². The SMILES string of the molecule is COc1ccc(C(C#N)N2CCN(C(=O)c3ccccc3-c3ccccc3C#N)CC2)cc1. The first-order valence-electron chi connectivity index (χ1n) is 10.8. The Bertz CT molecular complexity index is 1220. The second-order valence-electron chi connectivity index (χ2n) is 7.84. The number of carbonyl (C=O) groups is 1. The Labute approximate surface area is 193 Å². The van der Waals surface area contributed by atoms with E-state index in [4.69, 9.17) is 4.74 Å². The molecule has 1 aliphatic rings. The maximum Gasteiger partial charge on any atom is 0.254 e. The molecule has 1 aliphatic heterocycles. The van der Waals surface area contributed by atoms with Crippen LogP contribution in [0.4, 0.5) is 0 Å². The Balaban J connectivity index is 1.50. The molecule has 0 aliphatic carbocycles. The van der Waals surface area contributed by atoms with Gasteiger partial charge in [-0.05, 0) is 35.4 Å². The molecule has 0 spiro atoms. The molecule has 0 bridgehead atoms. The van der Waals surface area contributed by atoms with Gasteiger partial charge in [0.05, 0.1) is 24.8 Å². The molecule has 1 amide bonds. The highest BCUT2D eigenvalue weighted by Crippen LogP contribution is 2.29. The molecule has 6 nitrogen and oxygen atoms in total. The van der Waals surface area contributed by atoms with Gasteiger partial charge in [0.25, 0.3) is 5.91 Å². The first kappa shape index (κ1) is 22.1. The third-order valence-corrected chi connectivity index (χ3v) is 6.02. The van der Waals surface area contributed by atoms with Gasteiger partial charge in [0.15, 0.2) is 0 Å². The highest BCUT2D eigenvalue weighted by molar-refractivity contribution is 6.01. The highest BCUT2D eigenvalue weighted by atomic mass is 16.5. The fraction of sp³-hybridized carbons (Fsp3) is 0.222. The van der Waals surface area contributed by atoms with E-state index in [9.17, 15) is 15.3 Å². The van der Waals surface area contributed by atoms with Gasteiger partial charge in [-0.15, -0.1) is 0 Å². The van der Waals surface area contributed by atoms with Crippen molar-refractivity contribution in [3.05, 3.63) is 89.5 Å². The molecule has 6 heteroatoms. The summed E-state index contributed by atoms with van der Waals surface area (Å²) in [6.45, 7) is 2.27. The quantitative estimate of drug-likeness (QED) is 0.597. The zero-order valence-corrected chi connectivity index (χ0v) is 18.4. The summed E-state index contributed by atoms with van der Waals surface area (Å²) >= 11 is 0. The number of benzene rings is 3.